The van der Waals surface area contributed by atoms with E-state index in [9.17, 15) is 9.59 Å². The van der Waals surface area contributed by atoms with E-state index < -0.39 is 0 Å². The predicted octanol–water partition coefficient (Wildman–Crippen LogP) is 1.40. The van der Waals surface area contributed by atoms with Crippen LogP contribution in [0.15, 0.2) is 11.6 Å². The Labute approximate surface area is 108 Å². The van der Waals surface area contributed by atoms with E-state index in [0.29, 0.717) is 18.7 Å². The summed E-state index contributed by atoms with van der Waals surface area (Å²) in [6, 6.07) is 0. The summed E-state index contributed by atoms with van der Waals surface area (Å²) >= 11 is 0. The van der Waals surface area contributed by atoms with Gasteiger partial charge >= 0.3 is 0 Å². The van der Waals surface area contributed by atoms with E-state index in [1.54, 1.807) is 4.90 Å². The molecule has 0 spiro atoms. The highest BCUT2D eigenvalue weighted by Crippen LogP contribution is 2.37. The number of hydrogen-bond donors (Lipinski definition) is 0. The number of likely N-dealkylation sites (N-methyl/N-ethyl adjacent to an activating group) is 1. The minimum absolute atomic E-state index is 0.0150. The first-order chi connectivity index (χ1) is 8.51. The molecule has 1 saturated heterocycles. The summed E-state index contributed by atoms with van der Waals surface area (Å²) in [6.45, 7) is 9.02. The van der Waals surface area contributed by atoms with Gasteiger partial charge in [-0.15, -0.1) is 0 Å². The Morgan fingerprint density at radius 2 is 1.89 bits per heavy atom. The van der Waals surface area contributed by atoms with Crippen LogP contribution in [0.1, 0.15) is 27.7 Å². The molecule has 0 aromatic carbocycles. The Hall–Kier alpha value is -1.16. The van der Waals surface area contributed by atoms with Crippen molar-refractivity contribution in [3.8, 4) is 0 Å². The molecule has 4 nitrogen and oxygen atoms in total. The fourth-order valence-electron chi connectivity index (χ4n) is 2.82. The lowest BCUT2D eigenvalue weighted by Crippen LogP contribution is -2.44. The van der Waals surface area contributed by atoms with Gasteiger partial charge in [-0.2, -0.15) is 0 Å². The second-order valence-corrected chi connectivity index (χ2v) is 5.10. The van der Waals surface area contributed by atoms with Crippen LogP contribution in [-0.4, -0.2) is 41.9 Å². The molecule has 0 aromatic heterocycles. The number of carbonyl (C=O) groups is 2. The summed E-state index contributed by atoms with van der Waals surface area (Å²) < 4.78 is 5.80. The zero-order valence-electron chi connectivity index (χ0n) is 11.5. The van der Waals surface area contributed by atoms with E-state index in [1.165, 1.54) is 0 Å². The zero-order valence-corrected chi connectivity index (χ0v) is 11.5. The third-order valence-corrected chi connectivity index (χ3v) is 4.10. The summed E-state index contributed by atoms with van der Waals surface area (Å²) in [7, 11) is 0. The van der Waals surface area contributed by atoms with Gasteiger partial charge in [0.2, 0.25) is 0 Å². The van der Waals surface area contributed by atoms with Crippen LogP contribution in [0, 0.1) is 11.8 Å². The minimum Gasteiger partial charge on any atom is -0.365 e. The Kier molecular flexibility index (Phi) is 3.57. The molecule has 2 bridgehead atoms. The van der Waals surface area contributed by atoms with Crippen molar-refractivity contribution in [2.45, 2.75) is 39.9 Å². The first-order valence-corrected chi connectivity index (χ1v) is 6.71. The van der Waals surface area contributed by atoms with Crippen LogP contribution in [0.5, 0.6) is 0 Å². The van der Waals surface area contributed by atoms with Gasteiger partial charge in [0.15, 0.2) is 0 Å². The number of hydrogen-bond acceptors (Lipinski definition) is 3. The molecule has 0 radical (unpaired) electrons. The number of nitrogens with zero attached hydrogens (tertiary/aromatic N) is 1. The van der Waals surface area contributed by atoms with E-state index >= 15 is 0 Å². The molecule has 100 valence electrons. The van der Waals surface area contributed by atoms with E-state index in [2.05, 4.69) is 0 Å². The Bertz CT molecular complexity index is 398. The summed E-state index contributed by atoms with van der Waals surface area (Å²) in [6.07, 6.45) is 1.30. The molecular weight excluding hydrogens is 230 g/mol. The smallest absolute Gasteiger partial charge is 0.252 e. The second kappa shape index (κ2) is 4.84. The number of carbonyl (C=O) groups excluding carboxylic acids is 2. The molecule has 1 amide bonds. The Balaban J connectivity index is 2.26. The molecule has 2 rings (SSSR count). The number of fused-ring (bicyclic) bond motifs is 2. The van der Waals surface area contributed by atoms with Gasteiger partial charge < -0.3 is 9.64 Å². The molecular formula is C14H21NO3. The summed E-state index contributed by atoms with van der Waals surface area (Å²) in [4.78, 5) is 26.2. The first kappa shape index (κ1) is 13.3. The van der Waals surface area contributed by atoms with Crippen molar-refractivity contribution >= 4 is 11.7 Å². The Morgan fingerprint density at radius 3 is 2.44 bits per heavy atom. The topological polar surface area (TPSA) is 46.6 Å². The van der Waals surface area contributed by atoms with Gasteiger partial charge in [-0.05, 0) is 19.9 Å². The molecule has 2 heterocycles. The van der Waals surface area contributed by atoms with Crippen LogP contribution in [0.25, 0.3) is 0 Å². The molecule has 0 saturated carbocycles. The maximum absolute atomic E-state index is 12.4. The molecule has 0 aromatic rings. The zero-order chi connectivity index (χ0) is 13.4. The molecule has 0 aliphatic carbocycles. The maximum Gasteiger partial charge on any atom is 0.252 e. The Morgan fingerprint density at radius 1 is 1.28 bits per heavy atom. The summed E-state index contributed by atoms with van der Waals surface area (Å²) in [5, 5.41) is 0. The number of amides is 1. The number of ketones is 1. The van der Waals surface area contributed by atoms with Crippen LogP contribution in [-0.2, 0) is 14.3 Å². The largest absolute Gasteiger partial charge is 0.365 e. The van der Waals surface area contributed by atoms with Crippen molar-refractivity contribution in [2.75, 3.05) is 13.1 Å². The van der Waals surface area contributed by atoms with Crippen molar-refractivity contribution in [2.24, 2.45) is 11.8 Å². The molecule has 0 unspecified atom stereocenters. The second-order valence-electron chi connectivity index (χ2n) is 5.10. The van der Waals surface area contributed by atoms with Crippen molar-refractivity contribution in [1.82, 2.24) is 4.90 Å². The van der Waals surface area contributed by atoms with Gasteiger partial charge in [-0.1, -0.05) is 13.8 Å². The van der Waals surface area contributed by atoms with Crippen molar-refractivity contribution in [3.05, 3.63) is 11.6 Å². The molecule has 4 atom stereocenters. The normalized spacial score (nSPS) is 34.4. The van der Waals surface area contributed by atoms with Crippen LogP contribution in [0.2, 0.25) is 0 Å². The van der Waals surface area contributed by atoms with Gasteiger partial charge in [0.1, 0.15) is 5.78 Å². The van der Waals surface area contributed by atoms with E-state index in [4.69, 9.17) is 4.74 Å². The molecule has 2 aliphatic rings. The average Bonchev–Trinajstić information content (AvgIpc) is 2.78. The third-order valence-electron chi connectivity index (χ3n) is 4.10. The number of Topliss-reactive ketones (excluding diaryl/α,β-unsaturated/α-hetero) is 1. The maximum atomic E-state index is 12.4. The lowest BCUT2D eigenvalue weighted by Gasteiger charge is -2.32. The first-order valence-electron chi connectivity index (χ1n) is 6.71. The summed E-state index contributed by atoms with van der Waals surface area (Å²) in [5.41, 5.74) is 0.675. The molecule has 18 heavy (non-hydrogen) atoms. The minimum atomic E-state index is -0.341. The molecule has 4 heteroatoms. The number of rotatable bonds is 3. The SMILES string of the molecule is CCN(CC)C(=O)C1=C[C@H]2O[C@@H]1[C@@H](C)C(=O)[C@H]2C. The van der Waals surface area contributed by atoms with Gasteiger partial charge in [0.25, 0.3) is 5.91 Å². The highest BCUT2D eigenvalue weighted by atomic mass is 16.5. The van der Waals surface area contributed by atoms with E-state index in [-0.39, 0.29) is 35.7 Å². The van der Waals surface area contributed by atoms with E-state index in [0.717, 1.165) is 0 Å². The third kappa shape index (κ3) is 1.88. The average molecular weight is 251 g/mol. The molecule has 2 aliphatic heterocycles. The van der Waals surface area contributed by atoms with Crippen LogP contribution in [0.4, 0.5) is 0 Å². The van der Waals surface area contributed by atoms with Gasteiger partial charge in [0.05, 0.1) is 12.2 Å². The van der Waals surface area contributed by atoms with E-state index in [1.807, 2.05) is 33.8 Å². The lowest BCUT2D eigenvalue weighted by molar-refractivity contribution is -0.144. The van der Waals surface area contributed by atoms with Crippen molar-refractivity contribution in [1.29, 1.82) is 0 Å². The number of ether oxygens (including phenoxy) is 1. The van der Waals surface area contributed by atoms with Gasteiger partial charge in [-0.3, -0.25) is 9.59 Å². The molecule has 0 N–H and O–H groups in total. The monoisotopic (exact) mass is 251 g/mol. The van der Waals surface area contributed by atoms with Crippen LogP contribution < -0.4 is 0 Å². The van der Waals surface area contributed by atoms with Gasteiger partial charge in [0, 0.05) is 30.5 Å². The predicted molar refractivity (Wildman–Crippen MR) is 68.0 cm³/mol. The summed E-state index contributed by atoms with van der Waals surface area (Å²) in [5.74, 6) is -0.140. The molecule has 1 fully saturated rings. The fraction of sp³-hybridized carbons (Fsp3) is 0.714. The van der Waals surface area contributed by atoms with Crippen LogP contribution >= 0.6 is 0 Å². The van der Waals surface area contributed by atoms with Crippen LogP contribution in [0.3, 0.4) is 0 Å². The quantitative estimate of drug-likeness (QED) is 0.761. The highest BCUT2D eigenvalue weighted by molar-refractivity contribution is 5.98. The standard InChI is InChI=1S/C14H21NO3/c1-5-15(6-2)14(17)10-7-11-8(3)12(16)9(4)13(10)18-11/h7-9,11,13H,5-6H2,1-4H3/t8-,9-,11+,13+/m0/s1. The van der Waals surface area contributed by atoms with Crippen molar-refractivity contribution < 1.29 is 14.3 Å². The van der Waals surface area contributed by atoms with Gasteiger partial charge in [-0.25, -0.2) is 0 Å². The van der Waals surface area contributed by atoms with Crippen molar-refractivity contribution in [3.63, 3.8) is 0 Å². The highest BCUT2D eigenvalue weighted by Gasteiger charge is 2.47. The fourth-order valence-corrected chi connectivity index (χ4v) is 2.82. The lowest BCUT2D eigenvalue weighted by atomic mass is 9.87.